The fourth-order valence-corrected chi connectivity index (χ4v) is 7.36. The van der Waals surface area contributed by atoms with Crippen LogP contribution in [-0.2, 0) is 19.6 Å². The number of halogens is 3. The molecule has 0 radical (unpaired) electrons. The Morgan fingerprint density at radius 1 is 0.902 bits per heavy atom. The van der Waals surface area contributed by atoms with Gasteiger partial charge in [-0.15, -0.1) is 0 Å². The van der Waals surface area contributed by atoms with Gasteiger partial charge in [0.05, 0.1) is 23.0 Å². The summed E-state index contributed by atoms with van der Waals surface area (Å²) in [5.74, 6) is -0.538. The summed E-state index contributed by atoms with van der Waals surface area (Å²) < 4.78 is 30.3. The molecule has 0 aliphatic carbocycles. The average Bonchev–Trinajstić information content (AvgIpc) is 2.91. The van der Waals surface area contributed by atoms with Crippen molar-refractivity contribution in [2.24, 2.45) is 5.92 Å². The second-order valence-corrected chi connectivity index (χ2v) is 13.6. The van der Waals surface area contributed by atoms with Crippen LogP contribution in [0.2, 0.25) is 15.1 Å². The molecule has 10 heteroatoms. The fourth-order valence-electron chi connectivity index (χ4n) is 5.06. The zero-order valence-corrected chi connectivity index (χ0v) is 25.9. The standard InChI is InChI=1S/C31H31Cl3N2O4S/c1-19(2)16-28(20(3)37)35-31(38)27-14-15-29(21-6-4-8-24(33)17-21)36(30(27)22-7-5-9-25(34)18-22)41(39,40)26-12-10-23(32)11-13-26/h4-14,17-19,28-30H,15-16H2,1-3H3,(H,35,38)/t28-,29?,30-/m0/s1. The molecule has 0 spiro atoms. The second-order valence-electron chi connectivity index (χ2n) is 10.5. The summed E-state index contributed by atoms with van der Waals surface area (Å²) in [5.41, 5.74) is 1.38. The van der Waals surface area contributed by atoms with Crippen LogP contribution in [-0.4, -0.2) is 30.5 Å². The van der Waals surface area contributed by atoms with Crippen LogP contribution in [0, 0.1) is 5.92 Å². The predicted octanol–water partition coefficient (Wildman–Crippen LogP) is 7.57. The van der Waals surface area contributed by atoms with Crippen molar-refractivity contribution in [3.8, 4) is 0 Å². The van der Waals surface area contributed by atoms with Crippen LogP contribution in [0.25, 0.3) is 0 Å². The Labute approximate surface area is 256 Å². The number of ketones is 1. The monoisotopic (exact) mass is 632 g/mol. The van der Waals surface area contributed by atoms with Crippen molar-refractivity contribution in [3.63, 3.8) is 0 Å². The van der Waals surface area contributed by atoms with E-state index in [0.717, 1.165) is 0 Å². The van der Waals surface area contributed by atoms with E-state index < -0.39 is 34.1 Å². The first-order valence-corrected chi connectivity index (χ1v) is 15.8. The van der Waals surface area contributed by atoms with Gasteiger partial charge in [0.2, 0.25) is 15.9 Å². The minimum Gasteiger partial charge on any atom is -0.342 e. The molecule has 0 saturated carbocycles. The van der Waals surface area contributed by atoms with Gasteiger partial charge in [-0.25, -0.2) is 8.42 Å². The Morgan fingerprint density at radius 2 is 1.49 bits per heavy atom. The van der Waals surface area contributed by atoms with E-state index in [1.165, 1.54) is 35.5 Å². The van der Waals surface area contributed by atoms with E-state index in [0.29, 0.717) is 32.6 Å². The molecular formula is C31H31Cl3N2O4S. The molecule has 0 aromatic heterocycles. The van der Waals surface area contributed by atoms with E-state index in [4.69, 9.17) is 34.8 Å². The number of nitrogens with zero attached hydrogens (tertiary/aromatic N) is 1. The van der Waals surface area contributed by atoms with E-state index in [1.54, 1.807) is 48.5 Å². The summed E-state index contributed by atoms with van der Waals surface area (Å²) in [4.78, 5) is 26.3. The summed E-state index contributed by atoms with van der Waals surface area (Å²) in [6.07, 6.45) is 2.39. The zero-order chi connectivity index (χ0) is 29.9. The number of rotatable bonds is 9. The Hall–Kier alpha value is -2.68. The van der Waals surface area contributed by atoms with E-state index in [9.17, 15) is 18.0 Å². The molecule has 3 atom stereocenters. The molecule has 4 rings (SSSR count). The summed E-state index contributed by atoms with van der Waals surface area (Å²) in [7, 11) is -4.23. The van der Waals surface area contributed by atoms with Gasteiger partial charge in [0, 0.05) is 20.6 Å². The Morgan fingerprint density at radius 3 is 2.05 bits per heavy atom. The molecule has 0 fully saturated rings. The van der Waals surface area contributed by atoms with Crippen molar-refractivity contribution in [1.29, 1.82) is 0 Å². The lowest BCUT2D eigenvalue weighted by molar-refractivity contribution is -0.125. The van der Waals surface area contributed by atoms with Gasteiger partial charge in [-0.1, -0.05) is 79.0 Å². The van der Waals surface area contributed by atoms with Gasteiger partial charge in [0.25, 0.3) is 0 Å². The van der Waals surface area contributed by atoms with Crippen LogP contribution in [0.3, 0.4) is 0 Å². The molecule has 3 aromatic carbocycles. The summed E-state index contributed by atoms with van der Waals surface area (Å²) in [6.45, 7) is 5.36. The smallest absolute Gasteiger partial charge is 0.249 e. The molecule has 1 aliphatic rings. The Bertz CT molecular complexity index is 1570. The van der Waals surface area contributed by atoms with Crippen molar-refractivity contribution in [2.75, 3.05) is 0 Å². The average molecular weight is 634 g/mol. The van der Waals surface area contributed by atoms with Crippen LogP contribution in [0.4, 0.5) is 0 Å². The zero-order valence-electron chi connectivity index (χ0n) is 22.9. The molecule has 0 saturated heterocycles. The van der Waals surface area contributed by atoms with Gasteiger partial charge in [-0.2, -0.15) is 4.31 Å². The molecule has 1 aliphatic heterocycles. The molecule has 216 valence electrons. The highest BCUT2D eigenvalue weighted by molar-refractivity contribution is 7.89. The van der Waals surface area contributed by atoms with Gasteiger partial charge in [-0.05, 0) is 85.3 Å². The van der Waals surface area contributed by atoms with Gasteiger partial charge in [-0.3, -0.25) is 9.59 Å². The Kier molecular flexibility index (Phi) is 9.98. The molecule has 0 bridgehead atoms. The lowest BCUT2D eigenvalue weighted by atomic mass is 9.88. The van der Waals surface area contributed by atoms with Crippen molar-refractivity contribution >= 4 is 56.5 Å². The van der Waals surface area contributed by atoms with E-state index in [-0.39, 0.29) is 28.6 Å². The minimum atomic E-state index is -4.23. The van der Waals surface area contributed by atoms with E-state index in [2.05, 4.69) is 5.32 Å². The number of nitrogens with one attached hydrogen (secondary N) is 1. The summed E-state index contributed by atoms with van der Waals surface area (Å²) in [5, 5.41) is 4.10. The number of hydrogen-bond donors (Lipinski definition) is 1. The van der Waals surface area contributed by atoms with Crippen LogP contribution >= 0.6 is 34.8 Å². The highest BCUT2D eigenvalue weighted by atomic mass is 35.5. The molecule has 1 amide bonds. The second kappa shape index (κ2) is 13.1. The number of carbonyl (C=O) groups is 2. The largest absolute Gasteiger partial charge is 0.342 e. The third-order valence-corrected chi connectivity index (χ3v) is 9.58. The van der Waals surface area contributed by atoms with Gasteiger partial charge >= 0.3 is 0 Å². The summed E-state index contributed by atoms with van der Waals surface area (Å²) in [6, 6.07) is 17.2. The first kappa shape index (κ1) is 31.3. The molecule has 1 N–H and O–H groups in total. The first-order valence-electron chi connectivity index (χ1n) is 13.2. The van der Waals surface area contributed by atoms with E-state index >= 15 is 0 Å². The maximum atomic E-state index is 14.5. The normalized spacial score (nSPS) is 18.6. The fraction of sp³-hybridized carbons (Fsp3) is 0.290. The molecule has 6 nitrogen and oxygen atoms in total. The highest BCUT2D eigenvalue weighted by Gasteiger charge is 2.45. The minimum absolute atomic E-state index is 0.0176. The third kappa shape index (κ3) is 7.22. The molecule has 1 heterocycles. The maximum absolute atomic E-state index is 14.5. The number of sulfonamides is 1. The lowest BCUT2D eigenvalue weighted by Gasteiger charge is -2.41. The number of carbonyl (C=O) groups excluding carboxylic acids is 2. The number of Topliss-reactive ketones (excluding diaryl/α,β-unsaturated/α-hetero) is 1. The predicted molar refractivity (Wildman–Crippen MR) is 164 cm³/mol. The molecule has 3 aromatic rings. The van der Waals surface area contributed by atoms with Gasteiger partial charge < -0.3 is 5.32 Å². The van der Waals surface area contributed by atoms with Crippen LogP contribution in [0.15, 0.2) is 89.3 Å². The third-order valence-electron chi connectivity index (χ3n) is 6.97. The molecule has 41 heavy (non-hydrogen) atoms. The van der Waals surface area contributed by atoms with Gasteiger partial charge in [0.1, 0.15) is 0 Å². The maximum Gasteiger partial charge on any atom is 0.249 e. The Balaban J connectivity index is 1.93. The number of benzene rings is 3. The quantitative estimate of drug-likeness (QED) is 0.263. The van der Waals surface area contributed by atoms with Crippen molar-refractivity contribution < 1.29 is 18.0 Å². The highest BCUT2D eigenvalue weighted by Crippen LogP contribution is 2.46. The number of hydrogen-bond acceptors (Lipinski definition) is 4. The van der Waals surface area contributed by atoms with E-state index in [1.807, 2.05) is 19.9 Å². The topological polar surface area (TPSA) is 83.6 Å². The van der Waals surface area contributed by atoms with Crippen LogP contribution in [0.1, 0.15) is 56.8 Å². The van der Waals surface area contributed by atoms with Crippen LogP contribution < -0.4 is 5.32 Å². The van der Waals surface area contributed by atoms with Gasteiger partial charge in [0.15, 0.2) is 5.78 Å². The molecule has 1 unspecified atom stereocenters. The summed E-state index contributed by atoms with van der Waals surface area (Å²) >= 11 is 18.8. The SMILES string of the molecule is CC(=O)[C@H](CC(C)C)NC(=O)C1=CCC(c2cccc(Cl)c2)N(S(=O)(=O)c2ccc(Cl)cc2)[C@H]1c1cccc(Cl)c1. The number of amides is 1. The first-order chi connectivity index (χ1) is 19.4. The van der Waals surface area contributed by atoms with Crippen molar-refractivity contribution in [3.05, 3.63) is 111 Å². The molecular weight excluding hydrogens is 603 g/mol. The van der Waals surface area contributed by atoms with Crippen molar-refractivity contribution in [2.45, 2.75) is 56.6 Å². The van der Waals surface area contributed by atoms with Crippen molar-refractivity contribution in [1.82, 2.24) is 9.62 Å². The lowest BCUT2D eigenvalue weighted by Crippen LogP contribution is -2.47. The van der Waals surface area contributed by atoms with Crippen LogP contribution in [0.5, 0.6) is 0 Å².